The van der Waals surface area contributed by atoms with Crippen LogP contribution in [0.25, 0.3) is 0 Å². The second kappa shape index (κ2) is 57.5. The number of allylic oxidation sites excluding steroid dienone is 4. The van der Waals surface area contributed by atoms with Gasteiger partial charge < -0.3 is 14.2 Å². The van der Waals surface area contributed by atoms with Gasteiger partial charge >= 0.3 is 17.9 Å². The van der Waals surface area contributed by atoms with E-state index in [0.29, 0.717) is 19.3 Å². The lowest BCUT2D eigenvalue weighted by Gasteiger charge is -2.18. The van der Waals surface area contributed by atoms with Crippen LogP contribution in [0.1, 0.15) is 335 Å². The fourth-order valence-electron chi connectivity index (χ4n) is 9.12. The second-order valence-corrected chi connectivity index (χ2v) is 20.6. The molecule has 0 aromatic rings. The van der Waals surface area contributed by atoms with Gasteiger partial charge in [-0.1, -0.05) is 289 Å². The van der Waals surface area contributed by atoms with Gasteiger partial charge in [0.25, 0.3) is 0 Å². The highest BCUT2D eigenvalue weighted by molar-refractivity contribution is 5.71. The van der Waals surface area contributed by atoms with Crippen LogP contribution in [0.5, 0.6) is 0 Å². The van der Waals surface area contributed by atoms with Gasteiger partial charge in [-0.2, -0.15) is 0 Å². The third kappa shape index (κ3) is 54.8. The lowest BCUT2D eigenvalue weighted by Crippen LogP contribution is -2.30. The Balaban J connectivity index is 4.15. The molecule has 0 fully saturated rings. The monoisotopic (exact) mass is 957 g/mol. The van der Waals surface area contributed by atoms with Crippen LogP contribution < -0.4 is 0 Å². The van der Waals surface area contributed by atoms with E-state index in [-0.39, 0.29) is 31.1 Å². The van der Waals surface area contributed by atoms with Crippen molar-refractivity contribution in [2.45, 2.75) is 341 Å². The molecule has 0 amide bonds. The Kier molecular flexibility index (Phi) is 55.7. The van der Waals surface area contributed by atoms with E-state index < -0.39 is 6.10 Å². The standard InChI is InChI=1S/C62H116O6/c1-4-7-10-13-16-19-21-23-25-27-28-29-30-31-32-33-34-35-37-38-40-43-46-49-52-55-61(64)67-58-59(57-66-60(63)54-51-48-45-42-18-15-12-9-6-3)68-62(65)56-53-50-47-44-41-39-36-26-24-22-20-17-14-11-8-5-2/h21,23,27-28,59H,4-20,22,24-26,29-58H2,1-3H3/b23-21-,28-27-. The van der Waals surface area contributed by atoms with Gasteiger partial charge in [0.2, 0.25) is 0 Å². The molecule has 0 saturated carbocycles. The maximum atomic E-state index is 12.8. The van der Waals surface area contributed by atoms with Crippen molar-refractivity contribution < 1.29 is 28.6 Å². The predicted molar refractivity (Wildman–Crippen MR) is 293 cm³/mol. The Morgan fingerprint density at radius 1 is 0.294 bits per heavy atom. The van der Waals surface area contributed by atoms with Crippen molar-refractivity contribution in [3.63, 3.8) is 0 Å². The minimum absolute atomic E-state index is 0.0656. The number of ether oxygens (including phenoxy) is 3. The van der Waals surface area contributed by atoms with E-state index in [0.717, 1.165) is 64.2 Å². The van der Waals surface area contributed by atoms with Crippen molar-refractivity contribution in [3.05, 3.63) is 24.3 Å². The lowest BCUT2D eigenvalue weighted by atomic mass is 10.0. The molecule has 0 radical (unpaired) electrons. The molecule has 1 unspecified atom stereocenters. The van der Waals surface area contributed by atoms with Crippen LogP contribution >= 0.6 is 0 Å². The van der Waals surface area contributed by atoms with Gasteiger partial charge in [0, 0.05) is 19.3 Å². The van der Waals surface area contributed by atoms with Crippen molar-refractivity contribution >= 4 is 17.9 Å². The summed E-state index contributed by atoms with van der Waals surface area (Å²) in [5.74, 6) is -0.847. The summed E-state index contributed by atoms with van der Waals surface area (Å²) in [6.45, 7) is 6.66. The van der Waals surface area contributed by atoms with E-state index in [1.807, 2.05) is 0 Å². The molecule has 0 heterocycles. The first-order valence-electron chi connectivity index (χ1n) is 30.3. The van der Waals surface area contributed by atoms with E-state index in [1.165, 1.54) is 231 Å². The van der Waals surface area contributed by atoms with Crippen LogP contribution in [0.2, 0.25) is 0 Å². The van der Waals surface area contributed by atoms with Gasteiger partial charge in [-0.05, 0) is 51.4 Å². The van der Waals surface area contributed by atoms with E-state index in [2.05, 4.69) is 45.1 Å². The fourth-order valence-corrected chi connectivity index (χ4v) is 9.12. The molecule has 0 spiro atoms. The number of carbonyl (C=O) groups is 3. The average Bonchev–Trinajstić information content (AvgIpc) is 3.34. The molecule has 0 saturated heterocycles. The van der Waals surface area contributed by atoms with Crippen molar-refractivity contribution in [1.29, 1.82) is 0 Å². The molecule has 0 aromatic heterocycles. The average molecular weight is 958 g/mol. The van der Waals surface area contributed by atoms with Gasteiger partial charge in [0.05, 0.1) is 0 Å². The Morgan fingerprint density at radius 2 is 0.529 bits per heavy atom. The lowest BCUT2D eigenvalue weighted by molar-refractivity contribution is -0.167. The number of carbonyl (C=O) groups excluding carboxylic acids is 3. The normalized spacial score (nSPS) is 12.1. The number of esters is 3. The summed E-state index contributed by atoms with van der Waals surface area (Å²) < 4.78 is 16.9. The third-order valence-electron chi connectivity index (χ3n) is 13.7. The minimum atomic E-state index is -0.765. The van der Waals surface area contributed by atoms with Gasteiger partial charge in [0.1, 0.15) is 13.2 Å². The molecule has 0 N–H and O–H groups in total. The maximum absolute atomic E-state index is 12.8. The first-order valence-corrected chi connectivity index (χ1v) is 30.3. The van der Waals surface area contributed by atoms with Crippen LogP contribution in [0.3, 0.4) is 0 Å². The third-order valence-corrected chi connectivity index (χ3v) is 13.7. The number of unbranched alkanes of at least 4 members (excludes halogenated alkanes) is 41. The first kappa shape index (κ1) is 65.9. The Labute approximate surface area is 423 Å². The molecule has 0 aliphatic heterocycles. The molecular formula is C62H116O6. The van der Waals surface area contributed by atoms with Crippen molar-refractivity contribution in [1.82, 2.24) is 0 Å². The van der Waals surface area contributed by atoms with Crippen LogP contribution in [-0.4, -0.2) is 37.2 Å². The zero-order chi connectivity index (χ0) is 49.3. The largest absolute Gasteiger partial charge is 0.462 e. The molecule has 0 bridgehead atoms. The van der Waals surface area contributed by atoms with Crippen molar-refractivity contribution in [2.75, 3.05) is 13.2 Å². The summed E-state index contributed by atoms with van der Waals surface area (Å²) in [7, 11) is 0. The maximum Gasteiger partial charge on any atom is 0.306 e. The smallest absolute Gasteiger partial charge is 0.306 e. The predicted octanol–water partition coefficient (Wildman–Crippen LogP) is 20.3. The highest BCUT2D eigenvalue weighted by Gasteiger charge is 2.19. The number of rotatable bonds is 56. The number of hydrogen-bond acceptors (Lipinski definition) is 6. The summed E-state index contributed by atoms with van der Waals surface area (Å²) >= 11 is 0. The zero-order valence-electron chi connectivity index (χ0n) is 45.9. The molecule has 6 nitrogen and oxygen atoms in total. The number of hydrogen-bond donors (Lipinski definition) is 0. The van der Waals surface area contributed by atoms with E-state index in [9.17, 15) is 14.4 Å². The summed E-state index contributed by atoms with van der Waals surface area (Å²) in [6.07, 6.45) is 67.6. The molecule has 400 valence electrons. The Hall–Kier alpha value is -2.11. The van der Waals surface area contributed by atoms with Gasteiger partial charge in [-0.3, -0.25) is 14.4 Å². The first-order chi connectivity index (χ1) is 33.5. The van der Waals surface area contributed by atoms with Gasteiger partial charge in [0.15, 0.2) is 6.10 Å². The van der Waals surface area contributed by atoms with Gasteiger partial charge in [-0.15, -0.1) is 0 Å². The zero-order valence-corrected chi connectivity index (χ0v) is 45.9. The van der Waals surface area contributed by atoms with Crippen molar-refractivity contribution in [2.24, 2.45) is 0 Å². The molecule has 1 atom stereocenters. The molecule has 6 heteroatoms. The Morgan fingerprint density at radius 3 is 0.809 bits per heavy atom. The highest BCUT2D eigenvalue weighted by atomic mass is 16.6. The highest BCUT2D eigenvalue weighted by Crippen LogP contribution is 2.17. The van der Waals surface area contributed by atoms with Crippen molar-refractivity contribution in [3.8, 4) is 0 Å². The van der Waals surface area contributed by atoms with Crippen LogP contribution in [0.4, 0.5) is 0 Å². The SMILES string of the molecule is CCCCCCC/C=C\C/C=C\CCCCCCCCCCCCCCCC(=O)OCC(COC(=O)CCCCCCCCCCC)OC(=O)CCCCCCCCCCCCCCCCCC. The minimum Gasteiger partial charge on any atom is -0.462 e. The second-order valence-electron chi connectivity index (χ2n) is 20.6. The van der Waals surface area contributed by atoms with E-state index in [1.54, 1.807) is 0 Å². The van der Waals surface area contributed by atoms with E-state index >= 15 is 0 Å². The molecule has 0 aliphatic rings. The molecule has 0 rings (SSSR count). The summed E-state index contributed by atoms with van der Waals surface area (Å²) in [5.41, 5.74) is 0. The molecular weight excluding hydrogens is 841 g/mol. The van der Waals surface area contributed by atoms with E-state index in [4.69, 9.17) is 14.2 Å². The summed E-state index contributed by atoms with van der Waals surface area (Å²) in [4.78, 5) is 38.1. The van der Waals surface area contributed by atoms with Crippen LogP contribution in [0, 0.1) is 0 Å². The molecule has 68 heavy (non-hydrogen) atoms. The molecule has 0 aromatic carbocycles. The summed E-state index contributed by atoms with van der Waals surface area (Å²) in [5, 5.41) is 0. The Bertz CT molecular complexity index is 1100. The molecule has 0 aliphatic carbocycles. The van der Waals surface area contributed by atoms with Crippen LogP contribution in [-0.2, 0) is 28.6 Å². The summed E-state index contributed by atoms with van der Waals surface area (Å²) in [6, 6.07) is 0. The topological polar surface area (TPSA) is 78.9 Å². The quantitative estimate of drug-likeness (QED) is 0.0262. The fraction of sp³-hybridized carbons (Fsp3) is 0.887. The van der Waals surface area contributed by atoms with Gasteiger partial charge in [-0.25, -0.2) is 0 Å². The van der Waals surface area contributed by atoms with Crippen LogP contribution in [0.15, 0.2) is 24.3 Å².